The van der Waals surface area contributed by atoms with Crippen molar-refractivity contribution in [3.63, 3.8) is 0 Å². The van der Waals surface area contributed by atoms with E-state index in [1.807, 2.05) is 37.3 Å². The van der Waals surface area contributed by atoms with Crippen LogP contribution in [0.5, 0.6) is 5.75 Å². The van der Waals surface area contributed by atoms with E-state index < -0.39 is 0 Å². The molecule has 0 saturated heterocycles. The van der Waals surface area contributed by atoms with Crippen LogP contribution in [0.15, 0.2) is 64.1 Å². The summed E-state index contributed by atoms with van der Waals surface area (Å²) in [6.07, 6.45) is 0. The summed E-state index contributed by atoms with van der Waals surface area (Å²) >= 11 is 4.12. The van der Waals surface area contributed by atoms with Crippen LogP contribution in [0, 0.1) is 0 Å². The van der Waals surface area contributed by atoms with Gasteiger partial charge in [-0.1, -0.05) is 72.1 Å². The van der Waals surface area contributed by atoms with Gasteiger partial charge in [0.15, 0.2) is 15.3 Å². The SMILES string of the molecule is CCSc1nnc(NC(=O)CSc2nnc(CNC(=O)c3ccccc3)n2-c2ccccc2OC)s1. The molecule has 0 saturated carbocycles. The Balaban J connectivity index is 1.51. The van der Waals surface area contributed by atoms with Crippen LogP contribution in [0.3, 0.4) is 0 Å². The van der Waals surface area contributed by atoms with Gasteiger partial charge in [-0.2, -0.15) is 0 Å². The molecule has 0 aliphatic carbocycles. The summed E-state index contributed by atoms with van der Waals surface area (Å²) in [4.78, 5) is 25.1. The Morgan fingerprint density at radius 1 is 1.00 bits per heavy atom. The highest BCUT2D eigenvalue weighted by Gasteiger charge is 2.20. The second kappa shape index (κ2) is 12.5. The number of nitrogens with one attached hydrogen (secondary N) is 2. The zero-order chi connectivity index (χ0) is 25.3. The highest BCUT2D eigenvalue weighted by molar-refractivity contribution is 8.01. The number of benzene rings is 2. The number of thioether (sulfide) groups is 2. The maximum absolute atomic E-state index is 12.6. The van der Waals surface area contributed by atoms with Crippen LogP contribution in [0.25, 0.3) is 5.69 Å². The lowest BCUT2D eigenvalue weighted by Crippen LogP contribution is -2.24. The molecule has 0 spiro atoms. The van der Waals surface area contributed by atoms with E-state index in [2.05, 4.69) is 31.0 Å². The van der Waals surface area contributed by atoms with E-state index in [0.29, 0.717) is 33.1 Å². The number of aromatic nitrogens is 5. The summed E-state index contributed by atoms with van der Waals surface area (Å²) in [6, 6.07) is 16.3. The maximum Gasteiger partial charge on any atom is 0.251 e. The van der Waals surface area contributed by atoms with Gasteiger partial charge in [0.2, 0.25) is 11.0 Å². The van der Waals surface area contributed by atoms with Gasteiger partial charge in [-0.15, -0.1) is 20.4 Å². The fraction of sp³-hybridized carbons (Fsp3) is 0.217. The number of nitrogens with zero attached hydrogens (tertiary/aromatic N) is 5. The molecule has 36 heavy (non-hydrogen) atoms. The molecule has 0 atom stereocenters. The number of amides is 2. The first-order chi connectivity index (χ1) is 17.6. The normalized spacial score (nSPS) is 10.7. The summed E-state index contributed by atoms with van der Waals surface area (Å²) in [6.45, 7) is 2.16. The molecular formula is C23H23N7O3S3. The Kier molecular flexibility index (Phi) is 8.92. The monoisotopic (exact) mass is 541 g/mol. The topological polar surface area (TPSA) is 124 Å². The van der Waals surface area contributed by atoms with E-state index in [1.54, 1.807) is 47.7 Å². The first kappa shape index (κ1) is 25.7. The van der Waals surface area contributed by atoms with Gasteiger partial charge in [0.25, 0.3) is 5.91 Å². The zero-order valence-electron chi connectivity index (χ0n) is 19.5. The molecule has 2 N–H and O–H groups in total. The molecule has 0 aliphatic rings. The van der Waals surface area contributed by atoms with Gasteiger partial charge in [-0.3, -0.25) is 19.5 Å². The van der Waals surface area contributed by atoms with Crippen molar-refractivity contribution in [3.8, 4) is 11.4 Å². The van der Waals surface area contributed by atoms with Crippen LogP contribution >= 0.6 is 34.9 Å². The molecule has 0 fully saturated rings. The molecule has 4 rings (SSSR count). The smallest absolute Gasteiger partial charge is 0.251 e. The lowest BCUT2D eigenvalue weighted by Gasteiger charge is -2.14. The third-order valence-corrected chi connectivity index (χ3v) is 7.51. The van der Waals surface area contributed by atoms with Crippen LogP contribution in [0.2, 0.25) is 0 Å². The number of anilines is 1. The highest BCUT2D eigenvalue weighted by atomic mass is 32.2. The Morgan fingerprint density at radius 2 is 1.78 bits per heavy atom. The van der Waals surface area contributed by atoms with E-state index in [4.69, 9.17) is 4.74 Å². The van der Waals surface area contributed by atoms with E-state index >= 15 is 0 Å². The minimum Gasteiger partial charge on any atom is -0.495 e. The number of methoxy groups -OCH3 is 1. The van der Waals surface area contributed by atoms with Crippen molar-refractivity contribution in [3.05, 3.63) is 66.0 Å². The molecule has 13 heteroatoms. The average Bonchev–Trinajstić information content (AvgIpc) is 3.53. The minimum atomic E-state index is -0.238. The number of hydrogen-bond donors (Lipinski definition) is 2. The summed E-state index contributed by atoms with van der Waals surface area (Å²) in [5.41, 5.74) is 1.24. The maximum atomic E-state index is 12.6. The average molecular weight is 542 g/mol. The Bertz CT molecular complexity index is 1330. The minimum absolute atomic E-state index is 0.0828. The van der Waals surface area contributed by atoms with Crippen LogP contribution in [-0.4, -0.2) is 55.4 Å². The molecule has 4 aromatic rings. The quantitative estimate of drug-likeness (QED) is 0.215. The fourth-order valence-electron chi connectivity index (χ4n) is 3.14. The van der Waals surface area contributed by atoms with Gasteiger partial charge >= 0.3 is 0 Å². The van der Waals surface area contributed by atoms with Crippen molar-refractivity contribution in [2.24, 2.45) is 0 Å². The van der Waals surface area contributed by atoms with Gasteiger partial charge in [0, 0.05) is 5.56 Å². The first-order valence-electron chi connectivity index (χ1n) is 10.9. The van der Waals surface area contributed by atoms with Crippen molar-refractivity contribution in [2.45, 2.75) is 23.0 Å². The largest absolute Gasteiger partial charge is 0.495 e. The van der Waals surface area contributed by atoms with E-state index in [-0.39, 0.29) is 24.1 Å². The van der Waals surface area contributed by atoms with Crippen molar-refractivity contribution in [1.29, 1.82) is 0 Å². The van der Waals surface area contributed by atoms with Crippen LogP contribution in [0.1, 0.15) is 23.1 Å². The van der Waals surface area contributed by atoms with Crippen LogP contribution in [-0.2, 0) is 11.3 Å². The third-order valence-electron chi connectivity index (χ3n) is 4.72. The summed E-state index contributed by atoms with van der Waals surface area (Å²) in [5, 5.41) is 23.2. The number of ether oxygens (including phenoxy) is 1. The predicted molar refractivity (Wildman–Crippen MR) is 141 cm³/mol. The Morgan fingerprint density at radius 3 is 2.56 bits per heavy atom. The van der Waals surface area contributed by atoms with Crippen molar-refractivity contribution in [2.75, 3.05) is 23.9 Å². The molecule has 0 bridgehead atoms. The Labute approximate surface area is 220 Å². The summed E-state index contributed by atoms with van der Waals surface area (Å²) in [7, 11) is 1.58. The molecule has 0 radical (unpaired) electrons. The number of carbonyl (C=O) groups is 2. The predicted octanol–water partition coefficient (Wildman–Crippen LogP) is 3.90. The van der Waals surface area contributed by atoms with E-state index in [0.717, 1.165) is 10.1 Å². The number of carbonyl (C=O) groups excluding carboxylic acids is 2. The molecule has 0 unspecified atom stereocenters. The van der Waals surface area contributed by atoms with Crippen molar-refractivity contribution >= 4 is 51.8 Å². The second-order valence-corrected chi connectivity index (χ2v) is 10.5. The van der Waals surface area contributed by atoms with Crippen molar-refractivity contribution in [1.82, 2.24) is 30.3 Å². The standard InChI is InChI=1S/C23H23N7O3S3/c1-3-34-23-29-27-21(36-23)25-19(31)14-35-22-28-26-18(13-24-20(32)15-9-5-4-6-10-15)30(22)16-11-7-8-12-17(16)33-2/h4-12H,3,13-14H2,1-2H3,(H,24,32)(H,25,27,31). The number of rotatable bonds is 11. The van der Waals surface area contributed by atoms with E-state index in [1.165, 1.54) is 23.1 Å². The van der Waals surface area contributed by atoms with Gasteiger partial charge in [0.1, 0.15) is 5.75 Å². The number of para-hydroxylation sites is 2. The van der Waals surface area contributed by atoms with E-state index in [9.17, 15) is 9.59 Å². The lowest BCUT2D eigenvalue weighted by atomic mass is 10.2. The summed E-state index contributed by atoms with van der Waals surface area (Å²) < 4.78 is 8.12. The number of hydrogen-bond acceptors (Lipinski definition) is 10. The van der Waals surface area contributed by atoms with Crippen LogP contribution < -0.4 is 15.4 Å². The second-order valence-electron chi connectivity index (χ2n) is 7.10. The fourth-order valence-corrected chi connectivity index (χ4v) is 5.57. The first-order valence-corrected chi connectivity index (χ1v) is 13.7. The van der Waals surface area contributed by atoms with Crippen molar-refractivity contribution < 1.29 is 14.3 Å². The molecule has 2 heterocycles. The van der Waals surface area contributed by atoms with Gasteiger partial charge in [-0.05, 0) is 30.0 Å². The molecular weight excluding hydrogens is 519 g/mol. The summed E-state index contributed by atoms with van der Waals surface area (Å²) in [5.74, 6) is 1.60. The molecule has 2 aromatic heterocycles. The highest BCUT2D eigenvalue weighted by Crippen LogP contribution is 2.29. The molecule has 2 amide bonds. The van der Waals surface area contributed by atoms with Gasteiger partial charge in [-0.25, -0.2) is 0 Å². The van der Waals surface area contributed by atoms with Gasteiger partial charge in [0.05, 0.1) is 25.1 Å². The molecule has 0 aliphatic heterocycles. The molecule has 10 nitrogen and oxygen atoms in total. The third kappa shape index (κ3) is 6.42. The van der Waals surface area contributed by atoms with Gasteiger partial charge < -0.3 is 10.1 Å². The Hall–Kier alpha value is -3.42. The zero-order valence-corrected chi connectivity index (χ0v) is 22.0. The molecule has 2 aromatic carbocycles. The van der Waals surface area contributed by atoms with Crippen LogP contribution in [0.4, 0.5) is 5.13 Å². The molecule has 186 valence electrons. The lowest BCUT2D eigenvalue weighted by molar-refractivity contribution is -0.113.